The molecule has 2 atom stereocenters. The molecule has 0 fully saturated rings. The van der Waals surface area contributed by atoms with E-state index in [1.54, 1.807) is 25.1 Å². The maximum absolute atomic E-state index is 11.3. The van der Waals surface area contributed by atoms with Crippen molar-refractivity contribution in [3.63, 3.8) is 0 Å². The highest BCUT2D eigenvalue weighted by Gasteiger charge is 2.25. The van der Waals surface area contributed by atoms with Gasteiger partial charge in [-0.15, -0.1) is 0 Å². The third kappa shape index (κ3) is 4.11. The Labute approximate surface area is 117 Å². The summed E-state index contributed by atoms with van der Waals surface area (Å²) >= 11 is 0. The maximum atomic E-state index is 11.3. The van der Waals surface area contributed by atoms with E-state index in [9.17, 15) is 15.0 Å². The van der Waals surface area contributed by atoms with Gasteiger partial charge in [0.1, 0.15) is 17.6 Å². The van der Waals surface area contributed by atoms with Crippen molar-refractivity contribution in [3.05, 3.63) is 23.8 Å². The molecule has 2 N–H and O–H groups in total. The standard InChI is InChI=1S/C14H20O6/c1-4-20-13(16)8-11(15)14(17)10-6-5-9(18-2)7-12(10)19-3/h5-7,11,14-15,17H,4,8H2,1-3H3. The maximum Gasteiger partial charge on any atom is 0.308 e. The Balaban J connectivity index is 2.85. The fourth-order valence-corrected chi connectivity index (χ4v) is 1.77. The van der Waals surface area contributed by atoms with Crippen molar-refractivity contribution in [2.75, 3.05) is 20.8 Å². The normalized spacial score (nSPS) is 13.4. The smallest absolute Gasteiger partial charge is 0.308 e. The molecule has 0 saturated heterocycles. The van der Waals surface area contributed by atoms with Crippen molar-refractivity contribution < 1.29 is 29.2 Å². The molecule has 1 aromatic carbocycles. The predicted molar refractivity (Wildman–Crippen MR) is 71.8 cm³/mol. The van der Waals surface area contributed by atoms with Gasteiger partial charge in [0.2, 0.25) is 0 Å². The molecule has 0 aromatic heterocycles. The van der Waals surface area contributed by atoms with Crippen molar-refractivity contribution in [3.8, 4) is 11.5 Å². The first kappa shape index (κ1) is 16.3. The Hall–Kier alpha value is -1.79. The van der Waals surface area contributed by atoms with Crippen LogP contribution in [0.3, 0.4) is 0 Å². The lowest BCUT2D eigenvalue weighted by molar-refractivity contribution is -0.147. The number of carbonyl (C=O) groups excluding carboxylic acids is 1. The molecule has 112 valence electrons. The van der Waals surface area contributed by atoms with Crippen molar-refractivity contribution in [1.29, 1.82) is 0 Å². The second kappa shape index (κ2) is 7.72. The summed E-state index contributed by atoms with van der Waals surface area (Å²) in [6.45, 7) is 1.90. The Morgan fingerprint density at radius 2 is 1.95 bits per heavy atom. The number of hydrogen-bond acceptors (Lipinski definition) is 6. The van der Waals surface area contributed by atoms with Gasteiger partial charge in [0.05, 0.1) is 33.4 Å². The minimum atomic E-state index is -1.27. The van der Waals surface area contributed by atoms with E-state index in [0.29, 0.717) is 17.1 Å². The minimum Gasteiger partial charge on any atom is -0.497 e. The van der Waals surface area contributed by atoms with E-state index in [4.69, 9.17) is 14.2 Å². The molecule has 1 aromatic rings. The molecule has 2 unspecified atom stereocenters. The lowest BCUT2D eigenvalue weighted by atomic mass is 10.0. The van der Waals surface area contributed by atoms with Crippen LogP contribution in [0.15, 0.2) is 18.2 Å². The monoisotopic (exact) mass is 284 g/mol. The first-order chi connectivity index (χ1) is 9.53. The van der Waals surface area contributed by atoms with Crippen LogP contribution in [0.1, 0.15) is 25.0 Å². The van der Waals surface area contributed by atoms with Crippen molar-refractivity contribution >= 4 is 5.97 Å². The molecule has 20 heavy (non-hydrogen) atoms. The number of hydrogen-bond donors (Lipinski definition) is 2. The quantitative estimate of drug-likeness (QED) is 0.728. The van der Waals surface area contributed by atoms with E-state index in [1.165, 1.54) is 14.2 Å². The van der Waals surface area contributed by atoms with Gasteiger partial charge in [-0.1, -0.05) is 0 Å². The van der Waals surface area contributed by atoms with Crippen LogP contribution in [-0.2, 0) is 9.53 Å². The second-order valence-corrected chi connectivity index (χ2v) is 4.13. The summed E-state index contributed by atoms with van der Waals surface area (Å²) in [5.41, 5.74) is 0.380. The van der Waals surface area contributed by atoms with Crippen LogP contribution in [0.4, 0.5) is 0 Å². The van der Waals surface area contributed by atoms with Gasteiger partial charge in [0.25, 0.3) is 0 Å². The minimum absolute atomic E-state index is 0.230. The first-order valence-corrected chi connectivity index (χ1v) is 6.27. The lowest BCUT2D eigenvalue weighted by Gasteiger charge is -2.20. The van der Waals surface area contributed by atoms with Crippen LogP contribution >= 0.6 is 0 Å². The van der Waals surface area contributed by atoms with E-state index < -0.39 is 18.2 Å². The number of esters is 1. The van der Waals surface area contributed by atoms with E-state index in [2.05, 4.69) is 0 Å². The highest BCUT2D eigenvalue weighted by Crippen LogP contribution is 2.31. The third-order valence-corrected chi connectivity index (χ3v) is 2.80. The summed E-state index contributed by atoms with van der Waals surface area (Å²) < 4.78 is 14.9. The highest BCUT2D eigenvalue weighted by atomic mass is 16.5. The van der Waals surface area contributed by atoms with Gasteiger partial charge in [-0.3, -0.25) is 4.79 Å². The zero-order valence-corrected chi connectivity index (χ0v) is 11.8. The Kier molecular flexibility index (Phi) is 6.27. The fraction of sp³-hybridized carbons (Fsp3) is 0.500. The molecule has 6 nitrogen and oxygen atoms in total. The summed E-state index contributed by atoms with van der Waals surface area (Å²) in [6, 6.07) is 4.81. The summed E-state index contributed by atoms with van der Waals surface area (Å²) in [7, 11) is 2.96. The van der Waals surface area contributed by atoms with E-state index >= 15 is 0 Å². The summed E-state index contributed by atoms with van der Waals surface area (Å²) in [5, 5.41) is 20.0. The number of carbonyl (C=O) groups is 1. The average molecular weight is 284 g/mol. The molecular weight excluding hydrogens is 264 g/mol. The van der Waals surface area contributed by atoms with Crippen LogP contribution in [0, 0.1) is 0 Å². The molecule has 0 amide bonds. The molecule has 0 radical (unpaired) electrons. The SMILES string of the molecule is CCOC(=O)CC(O)C(O)c1ccc(OC)cc1OC. The third-order valence-electron chi connectivity index (χ3n) is 2.80. The number of ether oxygens (including phenoxy) is 3. The van der Waals surface area contributed by atoms with Crippen LogP contribution in [0.5, 0.6) is 11.5 Å². The Morgan fingerprint density at radius 3 is 2.50 bits per heavy atom. The molecular formula is C14H20O6. The first-order valence-electron chi connectivity index (χ1n) is 6.27. The highest BCUT2D eigenvalue weighted by molar-refractivity contribution is 5.70. The topological polar surface area (TPSA) is 85.2 Å². The van der Waals surface area contributed by atoms with Crippen LogP contribution < -0.4 is 9.47 Å². The zero-order chi connectivity index (χ0) is 15.1. The predicted octanol–water partition coefficient (Wildman–Crippen LogP) is 1.05. The second-order valence-electron chi connectivity index (χ2n) is 4.13. The Bertz CT molecular complexity index is 445. The largest absolute Gasteiger partial charge is 0.497 e. The molecule has 0 heterocycles. The molecule has 0 spiro atoms. The molecule has 0 aliphatic carbocycles. The number of benzene rings is 1. The van der Waals surface area contributed by atoms with Gasteiger partial charge in [-0.25, -0.2) is 0 Å². The van der Waals surface area contributed by atoms with Crippen LogP contribution in [-0.4, -0.2) is 43.1 Å². The van der Waals surface area contributed by atoms with Gasteiger partial charge in [-0.05, 0) is 19.1 Å². The number of methoxy groups -OCH3 is 2. The zero-order valence-electron chi connectivity index (χ0n) is 11.8. The molecule has 6 heteroatoms. The van der Waals surface area contributed by atoms with Crippen LogP contribution in [0.25, 0.3) is 0 Å². The van der Waals surface area contributed by atoms with Gasteiger partial charge in [-0.2, -0.15) is 0 Å². The Morgan fingerprint density at radius 1 is 1.25 bits per heavy atom. The molecule has 0 bridgehead atoms. The molecule has 0 aliphatic heterocycles. The summed E-state index contributed by atoms with van der Waals surface area (Å²) in [5.74, 6) is 0.379. The number of rotatable bonds is 7. The average Bonchev–Trinajstić information content (AvgIpc) is 2.45. The van der Waals surface area contributed by atoms with Crippen molar-refractivity contribution in [1.82, 2.24) is 0 Å². The summed E-state index contributed by atoms with van der Waals surface area (Å²) in [6.07, 6.45) is -2.80. The van der Waals surface area contributed by atoms with Gasteiger partial charge in [0, 0.05) is 11.6 Å². The van der Waals surface area contributed by atoms with Crippen LogP contribution in [0.2, 0.25) is 0 Å². The van der Waals surface area contributed by atoms with Gasteiger partial charge in [0.15, 0.2) is 0 Å². The number of aliphatic hydroxyl groups excluding tert-OH is 2. The fourth-order valence-electron chi connectivity index (χ4n) is 1.77. The summed E-state index contributed by atoms with van der Waals surface area (Å²) in [4.78, 5) is 11.3. The van der Waals surface area contributed by atoms with E-state index in [-0.39, 0.29) is 13.0 Å². The van der Waals surface area contributed by atoms with Crippen molar-refractivity contribution in [2.45, 2.75) is 25.6 Å². The number of aliphatic hydroxyl groups is 2. The molecule has 1 rings (SSSR count). The van der Waals surface area contributed by atoms with E-state index in [1.807, 2.05) is 0 Å². The van der Waals surface area contributed by atoms with E-state index in [0.717, 1.165) is 0 Å². The van der Waals surface area contributed by atoms with Gasteiger partial charge < -0.3 is 24.4 Å². The lowest BCUT2D eigenvalue weighted by Crippen LogP contribution is -2.23. The van der Waals surface area contributed by atoms with Crippen molar-refractivity contribution in [2.24, 2.45) is 0 Å². The van der Waals surface area contributed by atoms with Gasteiger partial charge >= 0.3 is 5.97 Å². The molecule has 0 aliphatic rings. The molecule has 0 saturated carbocycles.